The van der Waals surface area contributed by atoms with Gasteiger partial charge in [-0.1, -0.05) is 13.0 Å². The van der Waals surface area contributed by atoms with E-state index in [2.05, 4.69) is 4.98 Å². The fraction of sp³-hybridized carbons (Fsp3) is 0.533. The number of pyridine rings is 1. The van der Waals surface area contributed by atoms with Crippen LogP contribution in [0, 0.1) is 5.41 Å². The molecule has 1 aliphatic carbocycles. The number of carbonyl (C=O) groups excluding carboxylic acids is 2. The van der Waals surface area contributed by atoms with E-state index in [1.165, 1.54) is 0 Å². The molecule has 20 heavy (non-hydrogen) atoms. The molecule has 5 nitrogen and oxygen atoms in total. The van der Waals surface area contributed by atoms with Crippen molar-refractivity contribution < 1.29 is 14.3 Å². The Morgan fingerprint density at radius 1 is 1.30 bits per heavy atom. The van der Waals surface area contributed by atoms with Crippen molar-refractivity contribution in [3.8, 4) is 0 Å². The summed E-state index contributed by atoms with van der Waals surface area (Å²) in [7, 11) is 0. The molecule has 0 N–H and O–H groups in total. The van der Waals surface area contributed by atoms with Gasteiger partial charge in [0.1, 0.15) is 17.7 Å². The van der Waals surface area contributed by atoms with Gasteiger partial charge in [0.2, 0.25) is 0 Å². The van der Waals surface area contributed by atoms with Crippen molar-refractivity contribution in [2.45, 2.75) is 38.2 Å². The minimum Gasteiger partial charge on any atom is -0.441 e. The minimum atomic E-state index is -0.447. The second kappa shape index (κ2) is 4.58. The van der Waals surface area contributed by atoms with Crippen molar-refractivity contribution in [3.05, 3.63) is 24.4 Å². The van der Waals surface area contributed by atoms with Crippen molar-refractivity contribution in [1.29, 1.82) is 0 Å². The van der Waals surface area contributed by atoms with Crippen LogP contribution >= 0.6 is 0 Å². The molecule has 106 valence electrons. The summed E-state index contributed by atoms with van der Waals surface area (Å²) in [6.07, 6.45) is 5.36. The van der Waals surface area contributed by atoms with Crippen LogP contribution < -0.4 is 4.90 Å². The molecule has 0 atom stereocenters. The predicted octanol–water partition coefficient (Wildman–Crippen LogP) is 2.56. The number of nitrogens with zero attached hydrogens (tertiary/aromatic N) is 2. The molecule has 0 radical (unpaired) electrons. The Balaban J connectivity index is 1.76. The van der Waals surface area contributed by atoms with Crippen molar-refractivity contribution in [3.63, 3.8) is 0 Å². The highest BCUT2D eigenvalue weighted by Crippen LogP contribution is 2.44. The molecule has 1 saturated carbocycles. The number of hydrogen-bond donors (Lipinski definition) is 0. The minimum absolute atomic E-state index is 0.268. The van der Waals surface area contributed by atoms with Gasteiger partial charge >= 0.3 is 6.09 Å². The van der Waals surface area contributed by atoms with Crippen molar-refractivity contribution in [2.24, 2.45) is 5.41 Å². The monoisotopic (exact) mass is 274 g/mol. The molecule has 1 spiro atoms. The molecule has 1 aliphatic heterocycles. The number of amides is 1. The Morgan fingerprint density at radius 3 is 2.65 bits per heavy atom. The first-order chi connectivity index (χ1) is 9.56. The maximum absolute atomic E-state index is 12.1. The lowest BCUT2D eigenvalue weighted by atomic mass is 9.70. The lowest BCUT2D eigenvalue weighted by Gasteiger charge is -2.38. The van der Waals surface area contributed by atoms with Gasteiger partial charge in [-0.2, -0.15) is 0 Å². The number of anilines is 1. The first kappa shape index (κ1) is 13.1. The maximum Gasteiger partial charge on any atom is 0.416 e. The number of carbonyl (C=O) groups is 2. The van der Waals surface area contributed by atoms with E-state index in [9.17, 15) is 9.59 Å². The van der Waals surface area contributed by atoms with Crippen LogP contribution in [0.4, 0.5) is 10.6 Å². The summed E-state index contributed by atoms with van der Waals surface area (Å²) in [5.41, 5.74) is -0.715. The van der Waals surface area contributed by atoms with E-state index in [0.717, 1.165) is 32.0 Å². The van der Waals surface area contributed by atoms with E-state index in [4.69, 9.17) is 4.74 Å². The van der Waals surface area contributed by atoms with Gasteiger partial charge in [-0.15, -0.1) is 0 Å². The Kier molecular flexibility index (Phi) is 3.00. The Morgan fingerprint density at radius 2 is 2.05 bits per heavy atom. The Labute approximate surface area is 117 Å². The molecule has 5 heteroatoms. The highest BCUT2D eigenvalue weighted by Gasteiger charge is 2.50. The number of aldehydes is 1. The molecule has 0 bridgehead atoms. The number of aromatic nitrogens is 1. The van der Waals surface area contributed by atoms with Crippen molar-refractivity contribution in [1.82, 2.24) is 4.98 Å². The molecule has 2 heterocycles. The maximum atomic E-state index is 12.1. The van der Waals surface area contributed by atoms with E-state index in [1.807, 2.05) is 19.1 Å². The Hall–Kier alpha value is -1.91. The topological polar surface area (TPSA) is 59.5 Å². The normalized spacial score (nSPS) is 33.2. The summed E-state index contributed by atoms with van der Waals surface area (Å²) in [4.78, 5) is 29.0. The summed E-state index contributed by atoms with van der Waals surface area (Å²) < 4.78 is 5.63. The van der Waals surface area contributed by atoms with Gasteiger partial charge in [-0.05, 0) is 37.8 Å². The van der Waals surface area contributed by atoms with Gasteiger partial charge in [0.15, 0.2) is 0 Å². The second-order valence-corrected chi connectivity index (χ2v) is 6.10. The molecule has 3 rings (SSSR count). The quantitative estimate of drug-likeness (QED) is 0.778. The van der Waals surface area contributed by atoms with E-state index in [-0.39, 0.29) is 11.5 Å². The van der Waals surface area contributed by atoms with Crippen molar-refractivity contribution in [2.75, 3.05) is 11.4 Å². The molecular weight excluding hydrogens is 256 g/mol. The van der Waals surface area contributed by atoms with Gasteiger partial charge in [0, 0.05) is 11.6 Å². The third-order valence-electron chi connectivity index (χ3n) is 4.48. The highest BCUT2D eigenvalue weighted by atomic mass is 16.6. The molecular formula is C15H18N2O3. The SMILES string of the molecule is C[C@]1(C=O)CC[C@]2(CC1)CN(c1ccccn1)C(=O)O2. The molecule has 1 saturated heterocycles. The van der Waals surface area contributed by atoms with Gasteiger partial charge in [-0.25, -0.2) is 9.78 Å². The fourth-order valence-corrected chi connectivity index (χ4v) is 2.97. The molecule has 1 amide bonds. The van der Waals surface area contributed by atoms with Crippen LogP contribution in [0.3, 0.4) is 0 Å². The summed E-state index contributed by atoms with van der Waals surface area (Å²) in [6.45, 7) is 2.50. The number of hydrogen-bond acceptors (Lipinski definition) is 4. The predicted molar refractivity (Wildman–Crippen MR) is 73.4 cm³/mol. The summed E-state index contributed by atoms with van der Waals surface area (Å²) in [6, 6.07) is 5.47. The van der Waals surface area contributed by atoms with Crippen LogP contribution in [0.5, 0.6) is 0 Å². The zero-order valence-corrected chi connectivity index (χ0v) is 11.5. The van der Waals surface area contributed by atoms with Crippen LogP contribution in [-0.2, 0) is 9.53 Å². The van der Waals surface area contributed by atoms with Crippen LogP contribution in [0.25, 0.3) is 0 Å². The van der Waals surface area contributed by atoms with Crippen LogP contribution in [0.15, 0.2) is 24.4 Å². The third-order valence-corrected chi connectivity index (χ3v) is 4.48. The second-order valence-electron chi connectivity index (χ2n) is 6.10. The number of ether oxygens (including phenoxy) is 1. The zero-order chi connectivity index (χ0) is 14.2. The molecule has 1 aromatic rings. The fourth-order valence-electron chi connectivity index (χ4n) is 2.97. The van der Waals surface area contributed by atoms with E-state index in [0.29, 0.717) is 12.4 Å². The molecule has 2 fully saturated rings. The van der Waals surface area contributed by atoms with Crippen LogP contribution in [-0.4, -0.2) is 29.5 Å². The third kappa shape index (κ3) is 2.17. The Bertz CT molecular complexity index is 521. The van der Waals surface area contributed by atoms with E-state index >= 15 is 0 Å². The summed E-state index contributed by atoms with van der Waals surface area (Å²) in [5.74, 6) is 0.623. The molecule has 2 aliphatic rings. The van der Waals surface area contributed by atoms with E-state index < -0.39 is 5.60 Å². The van der Waals surface area contributed by atoms with Crippen LogP contribution in [0.2, 0.25) is 0 Å². The van der Waals surface area contributed by atoms with Gasteiger partial charge in [0.25, 0.3) is 0 Å². The van der Waals surface area contributed by atoms with Crippen molar-refractivity contribution >= 4 is 18.2 Å². The van der Waals surface area contributed by atoms with Gasteiger partial charge in [0.05, 0.1) is 6.54 Å². The lowest BCUT2D eigenvalue weighted by molar-refractivity contribution is -0.119. The highest BCUT2D eigenvalue weighted by molar-refractivity contribution is 5.89. The first-order valence-corrected chi connectivity index (χ1v) is 6.94. The lowest BCUT2D eigenvalue weighted by Crippen LogP contribution is -2.42. The largest absolute Gasteiger partial charge is 0.441 e. The first-order valence-electron chi connectivity index (χ1n) is 6.94. The van der Waals surface area contributed by atoms with E-state index in [1.54, 1.807) is 17.2 Å². The molecule has 0 unspecified atom stereocenters. The average Bonchev–Trinajstić information content (AvgIpc) is 2.81. The average molecular weight is 274 g/mol. The van der Waals surface area contributed by atoms with Gasteiger partial charge in [-0.3, -0.25) is 4.90 Å². The summed E-state index contributed by atoms with van der Waals surface area (Å²) >= 11 is 0. The molecule has 0 aromatic carbocycles. The van der Waals surface area contributed by atoms with Gasteiger partial charge < -0.3 is 9.53 Å². The smallest absolute Gasteiger partial charge is 0.416 e. The van der Waals surface area contributed by atoms with Crippen LogP contribution in [0.1, 0.15) is 32.6 Å². The number of rotatable bonds is 2. The zero-order valence-electron chi connectivity index (χ0n) is 11.5. The standard InChI is InChI=1S/C15H18N2O3/c1-14(11-18)5-7-15(8-6-14)10-17(13(19)20-15)12-4-2-3-9-16-12/h2-4,9,11H,5-8,10H2,1H3/t14-,15-. The molecule has 1 aromatic heterocycles. The summed E-state index contributed by atoms with van der Waals surface area (Å²) in [5, 5.41) is 0.